The summed E-state index contributed by atoms with van der Waals surface area (Å²) in [7, 11) is 0. The molecule has 0 amide bonds. The van der Waals surface area contributed by atoms with Crippen molar-refractivity contribution in [2.45, 2.75) is 52.0 Å². The summed E-state index contributed by atoms with van der Waals surface area (Å²) in [4.78, 5) is 15.2. The molecule has 4 rings (SSSR count). The summed E-state index contributed by atoms with van der Waals surface area (Å²) in [6.07, 6.45) is 2.94. The molecule has 0 saturated carbocycles. The van der Waals surface area contributed by atoms with Crippen LogP contribution in [0.2, 0.25) is 0 Å². The van der Waals surface area contributed by atoms with E-state index in [-0.39, 0.29) is 16.7 Å². The lowest BCUT2D eigenvalue weighted by molar-refractivity contribution is -0.118. The highest BCUT2D eigenvalue weighted by atomic mass is 16.4. The molecule has 2 heterocycles. The van der Waals surface area contributed by atoms with E-state index in [0.29, 0.717) is 24.1 Å². The van der Waals surface area contributed by atoms with E-state index in [9.17, 15) is 10.0 Å². The third-order valence-corrected chi connectivity index (χ3v) is 5.90. The maximum absolute atomic E-state index is 12.8. The van der Waals surface area contributed by atoms with E-state index in [1.54, 1.807) is 0 Å². The van der Waals surface area contributed by atoms with Gasteiger partial charge in [-0.2, -0.15) is 0 Å². The van der Waals surface area contributed by atoms with Crippen LogP contribution in [0.4, 0.5) is 0 Å². The van der Waals surface area contributed by atoms with Crippen molar-refractivity contribution in [1.29, 1.82) is 0 Å². The van der Waals surface area contributed by atoms with E-state index in [2.05, 4.69) is 55.1 Å². The Morgan fingerprint density at radius 2 is 1.88 bits per heavy atom. The highest BCUT2D eigenvalue weighted by Gasteiger charge is 2.49. The lowest BCUT2D eigenvalue weighted by Gasteiger charge is -2.54. The minimum Gasteiger partial charge on any atom is -0.411 e. The quantitative estimate of drug-likeness (QED) is 0.585. The second kappa shape index (κ2) is 4.95. The minimum absolute atomic E-state index is 0.0499. The van der Waals surface area contributed by atoms with Gasteiger partial charge in [0.05, 0.1) is 16.8 Å². The molecule has 4 nitrogen and oxygen atoms in total. The van der Waals surface area contributed by atoms with Crippen molar-refractivity contribution < 1.29 is 10.0 Å². The Kier molecular flexibility index (Phi) is 3.18. The number of carbonyl (C=O) groups excluding carboxylic acids is 1. The van der Waals surface area contributed by atoms with Crippen molar-refractivity contribution in [3.63, 3.8) is 0 Å². The molecular weight excluding hydrogens is 300 g/mol. The van der Waals surface area contributed by atoms with Gasteiger partial charge in [-0.25, -0.2) is 0 Å². The zero-order valence-corrected chi connectivity index (χ0v) is 14.6. The summed E-state index contributed by atoms with van der Waals surface area (Å²) >= 11 is 0. The standard InChI is InChI=1S/C20H24N2O2/c1-19(2)11-16-18(17(23)12-19)15(21-24)10-20(3)14-7-5-4-6-13(14)8-9-22(16)20/h4-7,24H,8-12H2,1-3H3/b21-15+. The van der Waals surface area contributed by atoms with Gasteiger partial charge >= 0.3 is 0 Å². The average molecular weight is 324 g/mol. The Hall–Kier alpha value is -2.10. The van der Waals surface area contributed by atoms with Crippen molar-refractivity contribution in [1.82, 2.24) is 4.90 Å². The monoisotopic (exact) mass is 324 g/mol. The summed E-state index contributed by atoms with van der Waals surface area (Å²) in [5.74, 6) is 0.120. The van der Waals surface area contributed by atoms with Crippen molar-refractivity contribution >= 4 is 11.5 Å². The first-order valence-electron chi connectivity index (χ1n) is 8.69. The smallest absolute Gasteiger partial charge is 0.167 e. The molecule has 3 aliphatic rings. The van der Waals surface area contributed by atoms with Gasteiger partial charge in [0.1, 0.15) is 0 Å². The number of Topliss-reactive ketones (excluding diaryl/α,β-unsaturated/α-hetero) is 1. The predicted octanol–water partition coefficient (Wildman–Crippen LogP) is 3.64. The molecule has 1 atom stereocenters. The first-order chi connectivity index (χ1) is 11.4. The summed E-state index contributed by atoms with van der Waals surface area (Å²) in [5, 5.41) is 13.2. The second-order valence-corrected chi connectivity index (χ2v) is 8.32. The van der Waals surface area contributed by atoms with Crippen LogP contribution in [0.25, 0.3) is 0 Å². The topological polar surface area (TPSA) is 52.9 Å². The molecule has 1 unspecified atom stereocenters. The van der Waals surface area contributed by atoms with Gasteiger partial charge in [-0.05, 0) is 36.3 Å². The number of fused-ring (bicyclic) bond motifs is 4. The van der Waals surface area contributed by atoms with Crippen molar-refractivity contribution in [2.75, 3.05) is 6.54 Å². The Balaban J connectivity index is 1.93. The number of nitrogens with zero attached hydrogens (tertiary/aromatic N) is 2. The summed E-state index contributed by atoms with van der Waals surface area (Å²) in [6.45, 7) is 7.42. The number of benzene rings is 1. The normalized spacial score (nSPS) is 30.0. The highest BCUT2D eigenvalue weighted by molar-refractivity contribution is 6.24. The highest BCUT2D eigenvalue weighted by Crippen LogP contribution is 2.50. The second-order valence-electron chi connectivity index (χ2n) is 8.32. The van der Waals surface area contributed by atoms with E-state index in [0.717, 1.165) is 25.1 Å². The SMILES string of the molecule is CC1(C)CC(=O)C2=C(C1)N1CCc3ccccc3C1(C)C/C2=N\O. The fourth-order valence-corrected chi connectivity index (χ4v) is 4.86. The van der Waals surface area contributed by atoms with E-state index >= 15 is 0 Å². The molecule has 0 radical (unpaired) electrons. The van der Waals surface area contributed by atoms with Crippen LogP contribution in [0.3, 0.4) is 0 Å². The van der Waals surface area contributed by atoms with Gasteiger partial charge in [-0.15, -0.1) is 0 Å². The molecule has 0 saturated heterocycles. The summed E-state index contributed by atoms with van der Waals surface area (Å²) in [5.41, 5.74) is 4.66. The van der Waals surface area contributed by atoms with Gasteiger partial charge in [0.15, 0.2) is 5.78 Å². The van der Waals surface area contributed by atoms with E-state index in [4.69, 9.17) is 0 Å². The molecule has 4 heteroatoms. The molecular formula is C20H24N2O2. The Labute approximate surface area is 142 Å². The van der Waals surface area contributed by atoms with Gasteiger partial charge in [-0.1, -0.05) is 43.3 Å². The van der Waals surface area contributed by atoms with Crippen molar-refractivity contribution in [2.24, 2.45) is 10.6 Å². The Morgan fingerprint density at radius 1 is 1.12 bits per heavy atom. The Morgan fingerprint density at radius 3 is 2.62 bits per heavy atom. The molecule has 126 valence electrons. The number of carbonyl (C=O) groups is 1. The van der Waals surface area contributed by atoms with Crippen LogP contribution in [0.15, 0.2) is 40.7 Å². The molecule has 1 N–H and O–H groups in total. The van der Waals surface area contributed by atoms with E-state index in [1.807, 2.05) is 0 Å². The molecule has 0 fully saturated rings. The molecule has 2 aliphatic heterocycles. The molecule has 1 aliphatic carbocycles. The van der Waals surface area contributed by atoms with Crippen molar-refractivity contribution in [3.05, 3.63) is 46.7 Å². The van der Waals surface area contributed by atoms with Gasteiger partial charge in [0.25, 0.3) is 0 Å². The zero-order valence-electron chi connectivity index (χ0n) is 14.6. The minimum atomic E-state index is -0.247. The fraction of sp³-hybridized carbons (Fsp3) is 0.500. The largest absolute Gasteiger partial charge is 0.411 e. The number of hydrogen-bond donors (Lipinski definition) is 1. The van der Waals surface area contributed by atoms with Gasteiger partial charge < -0.3 is 10.1 Å². The maximum Gasteiger partial charge on any atom is 0.167 e. The van der Waals surface area contributed by atoms with Crippen LogP contribution in [0, 0.1) is 5.41 Å². The molecule has 1 aromatic carbocycles. The van der Waals surface area contributed by atoms with Crippen LogP contribution < -0.4 is 0 Å². The maximum atomic E-state index is 12.8. The lowest BCUT2D eigenvalue weighted by atomic mass is 9.67. The molecule has 0 bridgehead atoms. The number of allylic oxidation sites excluding steroid dienone is 2. The van der Waals surface area contributed by atoms with Crippen LogP contribution in [0.5, 0.6) is 0 Å². The number of ketones is 1. The average Bonchev–Trinajstić information content (AvgIpc) is 2.52. The molecule has 0 spiro atoms. The zero-order chi connectivity index (χ0) is 17.1. The third kappa shape index (κ3) is 2.05. The van der Waals surface area contributed by atoms with Crippen LogP contribution in [-0.4, -0.2) is 28.1 Å². The Bertz CT molecular complexity index is 791. The first-order valence-corrected chi connectivity index (χ1v) is 8.69. The predicted molar refractivity (Wildman–Crippen MR) is 93.1 cm³/mol. The summed E-state index contributed by atoms with van der Waals surface area (Å²) < 4.78 is 0. The van der Waals surface area contributed by atoms with E-state index < -0.39 is 0 Å². The number of rotatable bonds is 0. The number of hydrogen-bond acceptors (Lipinski definition) is 4. The van der Waals surface area contributed by atoms with Gasteiger partial charge in [-0.3, -0.25) is 4.79 Å². The lowest BCUT2D eigenvalue weighted by Crippen LogP contribution is -2.55. The van der Waals surface area contributed by atoms with Gasteiger partial charge in [0, 0.05) is 25.1 Å². The van der Waals surface area contributed by atoms with Crippen LogP contribution in [0.1, 0.15) is 51.2 Å². The molecule has 1 aromatic rings. The third-order valence-electron chi connectivity index (χ3n) is 5.90. The van der Waals surface area contributed by atoms with E-state index in [1.165, 1.54) is 11.1 Å². The molecule has 0 aromatic heterocycles. The van der Waals surface area contributed by atoms with Crippen molar-refractivity contribution in [3.8, 4) is 0 Å². The molecule has 24 heavy (non-hydrogen) atoms. The van der Waals surface area contributed by atoms with Gasteiger partial charge in [0.2, 0.25) is 0 Å². The first kappa shape index (κ1) is 15.4. The summed E-state index contributed by atoms with van der Waals surface area (Å²) in [6, 6.07) is 8.52. The van der Waals surface area contributed by atoms with Crippen LogP contribution in [-0.2, 0) is 16.8 Å². The van der Waals surface area contributed by atoms with Crippen LogP contribution >= 0.6 is 0 Å². The fourth-order valence-electron chi connectivity index (χ4n) is 4.86. The number of oxime groups is 1.